The second kappa shape index (κ2) is 4.42. The third-order valence-corrected chi connectivity index (χ3v) is 4.00. The molecule has 1 aromatic heterocycles. The molecule has 0 spiro atoms. The van der Waals surface area contributed by atoms with Gasteiger partial charge in [0.25, 0.3) is 0 Å². The molecule has 1 N–H and O–H groups in total. The molecule has 1 aromatic carbocycles. The molecule has 2 heterocycles. The van der Waals surface area contributed by atoms with E-state index in [2.05, 4.69) is 55.9 Å². The predicted octanol–water partition coefficient (Wildman–Crippen LogP) is 2.72. The Morgan fingerprint density at radius 2 is 2.41 bits per heavy atom. The van der Waals surface area contributed by atoms with Gasteiger partial charge in [-0.15, -0.1) is 0 Å². The number of rotatable bonds is 2. The third-order valence-electron chi connectivity index (χ3n) is 3.50. The van der Waals surface area contributed by atoms with E-state index < -0.39 is 0 Å². The van der Waals surface area contributed by atoms with Crippen molar-refractivity contribution in [3.63, 3.8) is 0 Å². The molecule has 1 aliphatic heterocycles. The summed E-state index contributed by atoms with van der Waals surface area (Å²) in [4.78, 5) is 4.62. The first-order valence-corrected chi connectivity index (χ1v) is 6.86. The van der Waals surface area contributed by atoms with E-state index in [9.17, 15) is 0 Å². The molecule has 0 bridgehead atoms. The van der Waals surface area contributed by atoms with E-state index in [1.807, 2.05) is 0 Å². The average molecular weight is 294 g/mol. The molecule has 1 unspecified atom stereocenters. The zero-order valence-electron chi connectivity index (χ0n) is 9.91. The summed E-state index contributed by atoms with van der Waals surface area (Å²) in [7, 11) is 0. The summed E-state index contributed by atoms with van der Waals surface area (Å²) in [5.41, 5.74) is 2.33. The van der Waals surface area contributed by atoms with Crippen molar-refractivity contribution in [1.29, 1.82) is 0 Å². The Kier molecular flexibility index (Phi) is 2.92. The van der Waals surface area contributed by atoms with Gasteiger partial charge in [-0.2, -0.15) is 0 Å². The number of aryl methyl sites for hydroxylation is 1. The third kappa shape index (κ3) is 2.11. The van der Waals surface area contributed by atoms with Crippen molar-refractivity contribution in [2.24, 2.45) is 5.92 Å². The minimum absolute atomic E-state index is 0.741. The number of aromatic nitrogens is 2. The van der Waals surface area contributed by atoms with Gasteiger partial charge in [0.1, 0.15) is 5.82 Å². The van der Waals surface area contributed by atoms with E-state index >= 15 is 0 Å². The smallest absolute Gasteiger partial charge is 0.106 e. The van der Waals surface area contributed by atoms with Crippen molar-refractivity contribution in [3.05, 3.63) is 28.5 Å². The van der Waals surface area contributed by atoms with Crippen molar-refractivity contribution in [2.75, 3.05) is 13.1 Å². The van der Waals surface area contributed by atoms with Crippen LogP contribution >= 0.6 is 15.9 Å². The number of fused-ring (bicyclic) bond motifs is 1. The lowest BCUT2D eigenvalue weighted by molar-refractivity contribution is 0.482. The lowest BCUT2D eigenvalue weighted by Gasteiger charge is -2.12. The van der Waals surface area contributed by atoms with Crippen LogP contribution in [0.1, 0.15) is 12.2 Å². The molecule has 1 atom stereocenters. The second-order valence-corrected chi connectivity index (χ2v) is 5.68. The zero-order chi connectivity index (χ0) is 11.8. The van der Waals surface area contributed by atoms with Crippen LogP contribution in [0.15, 0.2) is 22.7 Å². The summed E-state index contributed by atoms with van der Waals surface area (Å²) >= 11 is 3.54. The molecule has 1 saturated heterocycles. The van der Waals surface area contributed by atoms with Crippen LogP contribution in [-0.2, 0) is 6.54 Å². The maximum atomic E-state index is 4.62. The number of imidazole rings is 1. The summed E-state index contributed by atoms with van der Waals surface area (Å²) < 4.78 is 3.47. The monoisotopic (exact) mass is 293 g/mol. The van der Waals surface area contributed by atoms with Crippen molar-refractivity contribution >= 4 is 27.0 Å². The molecule has 3 nitrogen and oxygen atoms in total. The highest BCUT2D eigenvalue weighted by Gasteiger charge is 2.17. The van der Waals surface area contributed by atoms with Gasteiger partial charge in [-0.1, -0.05) is 15.9 Å². The van der Waals surface area contributed by atoms with E-state index in [1.165, 1.54) is 11.9 Å². The Labute approximate surface area is 109 Å². The Morgan fingerprint density at radius 1 is 1.53 bits per heavy atom. The van der Waals surface area contributed by atoms with Crippen LogP contribution in [0.5, 0.6) is 0 Å². The van der Waals surface area contributed by atoms with Gasteiger partial charge >= 0.3 is 0 Å². The van der Waals surface area contributed by atoms with Crippen LogP contribution in [0.25, 0.3) is 11.0 Å². The molecule has 1 aliphatic rings. The van der Waals surface area contributed by atoms with E-state index in [-0.39, 0.29) is 0 Å². The first-order valence-electron chi connectivity index (χ1n) is 6.07. The molecule has 0 aliphatic carbocycles. The van der Waals surface area contributed by atoms with E-state index in [4.69, 9.17) is 0 Å². The van der Waals surface area contributed by atoms with E-state index in [0.717, 1.165) is 41.4 Å². The number of hydrogen-bond donors (Lipinski definition) is 1. The van der Waals surface area contributed by atoms with Gasteiger partial charge in [0.2, 0.25) is 0 Å². The number of nitrogens with one attached hydrogen (secondary N) is 1. The van der Waals surface area contributed by atoms with Gasteiger partial charge in [-0.05, 0) is 50.6 Å². The van der Waals surface area contributed by atoms with Crippen molar-refractivity contribution in [1.82, 2.24) is 14.9 Å². The average Bonchev–Trinajstić information content (AvgIpc) is 2.90. The van der Waals surface area contributed by atoms with Crippen LogP contribution in [0.2, 0.25) is 0 Å². The first kappa shape index (κ1) is 11.2. The van der Waals surface area contributed by atoms with Crippen molar-refractivity contribution < 1.29 is 0 Å². The second-order valence-electron chi connectivity index (χ2n) is 4.76. The maximum absolute atomic E-state index is 4.62. The fourth-order valence-corrected chi connectivity index (χ4v) is 2.92. The predicted molar refractivity (Wildman–Crippen MR) is 73.1 cm³/mol. The highest BCUT2D eigenvalue weighted by atomic mass is 79.9. The molecule has 1 fully saturated rings. The summed E-state index contributed by atoms with van der Waals surface area (Å²) in [6.45, 7) is 5.45. The molecule has 17 heavy (non-hydrogen) atoms. The van der Waals surface area contributed by atoms with Gasteiger partial charge in [0.05, 0.1) is 11.0 Å². The minimum Gasteiger partial charge on any atom is -0.328 e. The van der Waals surface area contributed by atoms with Crippen LogP contribution in [-0.4, -0.2) is 22.6 Å². The van der Waals surface area contributed by atoms with Crippen LogP contribution in [0.4, 0.5) is 0 Å². The van der Waals surface area contributed by atoms with Crippen molar-refractivity contribution in [3.8, 4) is 0 Å². The molecule has 2 aromatic rings. The number of halogens is 1. The molecule has 90 valence electrons. The Balaban J connectivity index is 2.01. The molecule has 0 amide bonds. The Morgan fingerprint density at radius 3 is 3.18 bits per heavy atom. The largest absolute Gasteiger partial charge is 0.328 e. The Bertz CT molecular complexity index is 541. The van der Waals surface area contributed by atoms with Gasteiger partial charge < -0.3 is 9.88 Å². The van der Waals surface area contributed by atoms with Crippen LogP contribution in [0.3, 0.4) is 0 Å². The first-order chi connectivity index (χ1) is 8.24. The van der Waals surface area contributed by atoms with Gasteiger partial charge in [0, 0.05) is 11.0 Å². The normalized spacial score (nSPS) is 20.2. The van der Waals surface area contributed by atoms with E-state index in [0.29, 0.717) is 0 Å². The Hall–Kier alpha value is -0.870. The summed E-state index contributed by atoms with van der Waals surface area (Å²) in [6, 6.07) is 6.30. The van der Waals surface area contributed by atoms with Gasteiger partial charge in [-0.25, -0.2) is 4.98 Å². The molecular formula is C13H16BrN3. The standard InChI is InChI=1S/C13H16BrN3/c1-9-16-12-3-2-11(14)6-13(12)17(9)8-10-4-5-15-7-10/h2-3,6,10,15H,4-5,7-8H2,1H3. The maximum Gasteiger partial charge on any atom is 0.106 e. The number of benzene rings is 1. The SMILES string of the molecule is Cc1nc2ccc(Br)cc2n1CC1CCNC1. The van der Waals surface area contributed by atoms with Gasteiger partial charge in [-0.3, -0.25) is 0 Å². The quantitative estimate of drug-likeness (QED) is 0.923. The molecule has 3 rings (SSSR count). The topological polar surface area (TPSA) is 29.9 Å². The summed E-state index contributed by atoms with van der Waals surface area (Å²) in [5, 5.41) is 3.42. The van der Waals surface area contributed by atoms with E-state index in [1.54, 1.807) is 0 Å². The lowest BCUT2D eigenvalue weighted by atomic mass is 10.1. The highest BCUT2D eigenvalue weighted by Crippen LogP contribution is 2.23. The van der Waals surface area contributed by atoms with Gasteiger partial charge in [0.15, 0.2) is 0 Å². The molecule has 0 saturated carbocycles. The number of nitrogens with zero attached hydrogens (tertiary/aromatic N) is 2. The summed E-state index contributed by atoms with van der Waals surface area (Å²) in [5.74, 6) is 1.86. The van der Waals surface area contributed by atoms with Crippen LogP contribution in [0, 0.1) is 12.8 Å². The summed E-state index contributed by atoms with van der Waals surface area (Å²) in [6.07, 6.45) is 1.27. The number of hydrogen-bond acceptors (Lipinski definition) is 2. The minimum atomic E-state index is 0.741. The molecule has 4 heteroatoms. The highest BCUT2D eigenvalue weighted by molar-refractivity contribution is 9.10. The fraction of sp³-hybridized carbons (Fsp3) is 0.462. The molecular weight excluding hydrogens is 278 g/mol. The fourth-order valence-electron chi connectivity index (χ4n) is 2.58. The molecule has 0 radical (unpaired) electrons. The lowest BCUT2D eigenvalue weighted by Crippen LogP contribution is -2.15. The van der Waals surface area contributed by atoms with Crippen molar-refractivity contribution in [2.45, 2.75) is 19.9 Å². The zero-order valence-corrected chi connectivity index (χ0v) is 11.5. The van der Waals surface area contributed by atoms with Crippen LogP contribution < -0.4 is 5.32 Å².